The molecule has 0 saturated heterocycles. The first kappa shape index (κ1) is 12.6. The van der Waals surface area contributed by atoms with Gasteiger partial charge in [-0.1, -0.05) is 50.9 Å². The van der Waals surface area contributed by atoms with Crippen LogP contribution in [0.15, 0.2) is 0 Å². The first-order chi connectivity index (χ1) is 7.50. The van der Waals surface area contributed by atoms with Crippen molar-refractivity contribution in [1.29, 1.82) is 0 Å². The average molecular weight is 207 g/mol. The van der Waals surface area contributed by atoms with E-state index in [2.05, 4.69) is 17.2 Å². The van der Waals surface area contributed by atoms with E-state index >= 15 is 0 Å². The highest BCUT2D eigenvalue weighted by Gasteiger charge is 1.93. The largest absolute Gasteiger partial charge is 0.306 e. The first-order valence-electron chi connectivity index (χ1n) is 6.66. The second-order valence-electron chi connectivity index (χ2n) is 4.46. The lowest BCUT2D eigenvalue weighted by Crippen LogP contribution is -2.15. The second-order valence-corrected chi connectivity index (χ2v) is 4.46. The van der Waals surface area contributed by atoms with Gasteiger partial charge in [0.15, 0.2) is 0 Å². The molecule has 1 heteroatoms. The van der Waals surface area contributed by atoms with Crippen molar-refractivity contribution in [3.05, 3.63) is 0 Å². The molecule has 0 aromatic heterocycles. The summed E-state index contributed by atoms with van der Waals surface area (Å²) in [6.45, 7) is 2.04. The lowest BCUT2D eigenvalue weighted by molar-refractivity contribution is 0.554. The van der Waals surface area contributed by atoms with Crippen molar-refractivity contribution in [2.24, 2.45) is 0 Å². The maximum absolute atomic E-state index is 3.38. The van der Waals surface area contributed by atoms with Crippen molar-refractivity contribution in [3.8, 4) is 11.8 Å². The molecule has 1 N–H and O–H groups in total. The highest BCUT2D eigenvalue weighted by atomic mass is 14.8. The molecule has 0 saturated carbocycles. The van der Waals surface area contributed by atoms with Crippen LogP contribution >= 0.6 is 0 Å². The molecule has 0 atom stereocenters. The van der Waals surface area contributed by atoms with Gasteiger partial charge in [-0.25, -0.2) is 0 Å². The Morgan fingerprint density at radius 1 is 0.600 bits per heavy atom. The number of nitrogens with one attached hydrogen (secondary N) is 1. The summed E-state index contributed by atoms with van der Waals surface area (Å²) in [6.07, 6.45) is 13.6. The summed E-state index contributed by atoms with van der Waals surface area (Å²) in [5.41, 5.74) is 0. The predicted octanol–water partition coefficient (Wildman–Crippen LogP) is 3.49. The Morgan fingerprint density at radius 3 is 1.93 bits per heavy atom. The summed E-state index contributed by atoms with van der Waals surface area (Å²) >= 11 is 0. The maximum Gasteiger partial charge on any atom is 0.0576 e. The van der Waals surface area contributed by atoms with E-state index in [1.165, 1.54) is 57.8 Å². The molecule has 1 nitrogen and oxygen atoms in total. The summed E-state index contributed by atoms with van der Waals surface area (Å²) in [7, 11) is 0. The normalized spacial score (nSPS) is 21.9. The van der Waals surface area contributed by atoms with Gasteiger partial charge in [-0.15, -0.1) is 5.92 Å². The van der Waals surface area contributed by atoms with E-state index in [1.54, 1.807) is 0 Å². The smallest absolute Gasteiger partial charge is 0.0576 e. The van der Waals surface area contributed by atoms with Crippen molar-refractivity contribution in [2.75, 3.05) is 13.1 Å². The molecule has 1 aliphatic rings. The van der Waals surface area contributed by atoms with Crippen LogP contribution < -0.4 is 5.32 Å². The molecule has 0 aromatic carbocycles. The van der Waals surface area contributed by atoms with E-state index in [4.69, 9.17) is 0 Å². The van der Waals surface area contributed by atoms with Gasteiger partial charge in [-0.2, -0.15) is 0 Å². The molecule has 0 spiro atoms. The summed E-state index contributed by atoms with van der Waals surface area (Å²) in [5, 5.41) is 3.38. The minimum absolute atomic E-state index is 0.889. The molecule has 0 amide bonds. The molecule has 0 fully saturated rings. The van der Waals surface area contributed by atoms with E-state index in [-0.39, 0.29) is 0 Å². The van der Waals surface area contributed by atoms with Crippen LogP contribution in [0, 0.1) is 11.8 Å². The van der Waals surface area contributed by atoms with Gasteiger partial charge in [-0.3, -0.25) is 0 Å². The molecule has 0 aliphatic carbocycles. The fourth-order valence-corrected chi connectivity index (χ4v) is 2.00. The highest BCUT2D eigenvalue weighted by molar-refractivity contribution is 5.00. The minimum Gasteiger partial charge on any atom is -0.306 e. The third kappa shape index (κ3) is 8.51. The Balaban J connectivity index is 2.10. The molecular formula is C14H25N. The highest BCUT2D eigenvalue weighted by Crippen LogP contribution is 2.10. The van der Waals surface area contributed by atoms with Gasteiger partial charge < -0.3 is 5.32 Å². The van der Waals surface area contributed by atoms with Crippen molar-refractivity contribution in [2.45, 2.75) is 64.2 Å². The van der Waals surface area contributed by atoms with Crippen molar-refractivity contribution < 1.29 is 0 Å². The van der Waals surface area contributed by atoms with E-state index in [1.807, 2.05) is 0 Å². The third-order valence-corrected chi connectivity index (χ3v) is 2.99. The Labute approximate surface area is 95.0 Å². The van der Waals surface area contributed by atoms with Gasteiger partial charge >= 0.3 is 0 Å². The van der Waals surface area contributed by atoms with Gasteiger partial charge in [0.05, 0.1) is 6.54 Å². The molecule has 0 unspecified atom stereocenters. The lowest BCUT2D eigenvalue weighted by Gasteiger charge is -2.02. The zero-order valence-corrected chi connectivity index (χ0v) is 9.99. The van der Waals surface area contributed by atoms with Gasteiger partial charge in [0.2, 0.25) is 0 Å². The van der Waals surface area contributed by atoms with Crippen molar-refractivity contribution >= 4 is 0 Å². The van der Waals surface area contributed by atoms with Gasteiger partial charge in [0.1, 0.15) is 0 Å². The number of hydrogen-bond acceptors (Lipinski definition) is 1. The summed E-state index contributed by atoms with van der Waals surface area (Å²) in [5.74, 6) is 6.44. The van der Waals surface area contributed by atoms with Crippen LogP contribution in [0.5, 0.6) is 0 Å². The molecule has 0 radical (unpaired) electrons. The number of rotatable bonds is 0. The van der Waals surface area contributed by atoms with Gasteiger partial charge in [-0.05, 0) is 19.4 Å². The standard InChI is InChI=1S/C14H25N/c1-2-4-6-8-10-12-14-15-13-11-9-7-5-3-1/h15H,1-9,11,13-14H2. The monoisotopic (exact) mass is 207 g/mol. The predicted molar refractivity (Wildman–Crippen MR) is 66.8 cm³/mol. The average Bonchev–Trinajstić information content (AvgIpc) is 2.27. The van der Waals surface area contributed by atoms with Crippen molar-refractivity contribution in [1.82, 2.24) is 5.32 Å². The topological polar surface area (TPSA) is 12.0 Å². The summed E-state index contributed by atoms with van der Waals surface area (Å²) in [4.78, 5) is 0. The fourth-order valence-electron chi connectivity index (χ4n) is 2.00. The Bertz CT molecular complexity index is 169. The maximum atomic E-state index is 3.38. The lowest BCUT2D eigenvalue weighted by atomic mass is 10.1. The summed E-state index contributed by atoms with van der Waals surface area (Å²) in [6, 6.07) is 0. The molecule has 0 bridgehead atoms. The van der Waals surface area contributed by atoms with Crippen LogP contribution in [0.25, 0.3) is 0 Å². The molecule has 1 aliphatic heterocycles. The zero-order chi connectivity index (χ0) is 10.6. The Hall–Kier alpha value is -0.480. The van der Waals surface area contributed by atoms with Crippen LogP contribution in [-0.4, -0.2) is 13.1 Å². The Morgan fingerprint density at radius 2 is 1.20 bits per heavy atom. The molecule has 15 heavy (non-hydrogen) atoms. The summed E-state index contributed by atoms with van der Waals surface area (Å²) < 4.78 is 0. The molecule has 1 rings (SSSR count). The quantitative estimate of drug-likeness (QED) is 0.600. The van der Waals surface area contributed by atoms with E-state index in [9.17, 15) is 0 Å². The van der Waals surface area contributed by atoms with E-state index in [0.717, 1.165) is 19.5 Å². The fraction of sp³-hybridized carbons (Fsp3) is 0.857. The van der Waals surface area contributed by atoms with E-state index in [0.29, 0.717) is 0 Å². The molecule has 0 aromatic rings. The SMILES string of the molecule is C1#CCNCCCCCCCCCCC1. The third-order valence-electron chi connectivity index (χ3n) is 2.99. The second kappa shape index (κ2) is 10.1. The van der Waals surface area contributed by atoms with E-state index < -0.39 is 0 Å². The van der Waals surface area contributed by atoms with Gasteiger partial charge in [0.25, 0.3) is 0 Å². The van der Waals surface area contributed by atoms with Gasteiger partial charge in [0, 0.05) is 6.42 Å². The van der Waals surface area contributed by atoms with Crippen LogP contribution in [0.2, 0.25) is 0 Å². The minimum atomic E-state index is 0.889. The van der Waals surface area contributed by atoms with Crippen LogP contribution in [0.4, 0.5) is 0 Å². The van der Waals surface area contributed by atoms with Crippen LogP contribution in [-0.2, 0) is 0 Å². The van der Waals surface area contributed by atoms with Crippen molar-refractivity contribution in [3.63, 3.8) is 0 Å². The Kier molecular flexibility index (Phi) is 8.44. The molecule has 86 valence electrons. The van der Waals surface area contributed by atoms with Crippen LogP contribution in [0.3, 0.4) is 0 Å². The molecule has 1 heterocycles. The number of hydrogen-bond donors (Lipinski definition) is 1. The molecular weight excluding hydrogens is 182 g/mol. The zero-order valence-electron chi connectivity index (χ0n) is 9.99. The van der Waals surface area contributed by atoms with Crippen LogP contribution in [0.1, 0.15) is 64.2 Å². The first-order valence-corrected chi connectivity index (χ1v) is 6.66.